The highest BCUT2D eigenvalue weighted by molar-refractivity contribution is 5.99. The number of nitrogens with zero attached hydrogens (tertiary/aromatic N) is 4. The highest BCUT2D eigenvalue weighted by atomic mass is 19.1. The molecule has 0 amide bonds. The topological polar surface area (TPSA) is 95.2 Å². The molecule has 0 saturated carbocycles. The molecule has 5 aromatic heterocycles. The summed E-state index contributed by atoms with van der Waals surface area (Å²) in [5.74, 6) is -0.275. The number of fused-ring (bicyclic) bond motifs is 2. The fraction of sp³-hybridized carbons (Fsp3) is 0.111. The van der Waals surface area contributed by atoms with Crippen LogP contribution in [0.1, 0.15) is 12.5 Å². The summed E-state index contributed by atoms with van der Waals surface area (Å²) < 4.78 is 13.4. The molecule has 0 aliphatic carbocycles. The van der Waals surface area contributed by atoms with Crippen molar-refractivity contribution in [3.8, 4) is 33.9 Å². The second kappa shape index (κ2) is 8.73. The number of pyridine rings is 3. The van der Waals surface area contributed by atoms with Crippen LogP contribution in [0.25, 0.3) is 55.8 Å². The maximum Gasteiger partial charge on any atom is 0.135 e. The summed E-state index contributed by atoms with van der Waals surface area (Å²) in [7, 11) is 0. The van der Waals surface area contributed by atoms with E-state index in [2.05, 4.69) is 43.5 Å². The molecule has 1 aromatic carbocycles. The van der Waals surface area contributed by atoms with Gasteiger partial charge in [0.05, 0.1) is 22.6 Å². The first kappa shape index (κ1) is 21.1. The Balaban J connectivity index is 1.43. The lowest BCUT2D eigenvalue weighted by molar-refractivity contribution is 0.628. The van der Waals surface area contributed by atoms with Gasteiger partial charge in [-0.2, -0.15) is 5.10 Å². The van der Waals surface area contributed by atoms with E-state index in [4.69, 9.17) is 4.98 Å². The standard InChI is InChI=1S/C27H22FN7/c1-2-29-13-16-11-18(15-30-14-16)21-7-8-23-26(33-21)27(35-34-23)24-12-20-22(32-24)9-10-31-25(20)17-3-5-19(28)6-4-17/h3-12,14-15,29,32H,2,13H2,1H3,(H,34,35). The van der Waals surface area contributed by atoms with Crippen LogP contribution in [0.5, 0.6) is 0 Å². The van der Waals surface area contributed by atoms with Crippen LogP contribution in [0.15, 0.2) is 73.2 Å². The van der Waals surface area contributed by atoms with Gasteiger partial charge in [0.25, 0.3) is 0 Å². The number of hydrogen-bond acceptors (Lipinski definition) is 5. The summed E-state index contributed by atoms with van der Waals surface area (Å²) in [4.78, 5) is 17.3. The lowest BCUT2D eigenvalue weighted by Gasteiger charge is -2.05. The number of H-pyrrole nitrogens is 2. The third-order valence-corrected chi connectivity index (χ3v) is 6.00. The van der Waals surface area contributed by atoms with Gasteiger partial charge < -0.3 is 10.3 Å². The molecular weight excluding hydrogens is 441 g/mol. The molecule has 6 rings (SSSR count). The zero-order chi connectivity index (χ0) is 23.8. The molecule has 6 aromatic rings. The quantitative estimate of drug-likeness (QED) is 0.304. The fourth-order valence-electron chi connectivity index (χ4n) is 4.26. The van der Waals surface area contributed by atoms with Crippen molar-refractivity contribution in [2.24, 2.45) is 0 Å². The average molecular weight is 464 g/mol. The van der Waals surface area contributed by atoms with E-state index < -0.39 is 0 Å². The summed E-state index contributed by atoms with van der Waals surface area (Å²) in [5, 5.41) is 11.9. The Kier molecular flexibility index (Phi) is 5.27. The van der Waals surface area contributed by atoms with Gasteiger partial charge in [-0.15, -0.1) is 0 Å². The Bertz CT molecular complexity index is 1650. The molecule has 0 saturated heterocycles. The van der Waals surface area contributed by atoms with Crippen LogP contribution < -0.4 is 5.32 Å². The molecule has 7 nitrogen and oxygen atoms in total. The number of benzene rings is 1. The summed E-state index contributed by atoms with van der Waals surface area (Å²) in [6, 6.07) is 16.4. The molecular formula is C27H22FN7. The van der Waals surface area contributed by atoms with Crippen LogP contribution in [-0.2, 0) is 6.54 Å². The number of aromatic nitrogens is 6. The maximum atomic E-state index is 13.4. The van der Waals surface area contributed by atoms with E-state index in [1.165, 1.54) is 12.1 Å². The molecule has 0 radical (unpaired) electrons. The van der Waals surface area contributed by atoms with Gasteiger partial charge in [-0.25, -0.2) is 9.37 Å². The van der Waals surface area contributed by atoms with Crippen molar-refractivity contribution >= 4 is 21.9 Å². The third-order valence-electron chi connectivity index (χ3n) is 6.00. The van der Waals surface area contributed by atoms with Crippen LogP contribution in [0, 0.1) is 5.82 Å². The fourth-order valence-corrected chi connectivity index (χ4v) is 4.26. The van der Waals surface area contributed by atoms with Gasteiger partial charge in [0, 0.05) is 47.2 Å². The first-order valence-corrected chi connectivity index (χ1v) is 11.4. The van der Waals surface area contributed by atoms with Gasteiger partial charge in [-0.1, -0.05) is 6.92 Å². The minimum Gasteiger partial charge on any atom is -0.353 e. The molecule has 0 unspecified atom stereocenters. The molecule has 0 atom stereocenters. The lowest BCUT2D eigenvalue weighted by atomic mass is 10.1. The average Bonchev–Trinajstić information content (AvgIpc) is 3.51. The van der Waals surface area contributed by atoms with Crippen LogP contribution in [0.2, 0.25) is 0 Å². The predicted molar refractivity (Wildman–Crippen MR) is 135 cm³/mol. The Morgan fingerprint density at radius 3 is 2.66 bits per heavy atom. The minimum absolute atomic E-state index is 0.275. The normalized spacial score (nSPS) is 11.5. The van der Waals surface area contributed by atoms with Crippen LogP contribution >= 0.6 is 0 Å². The Labute approximate surface area is 200 Å². The molecule has 0 aliphatic heterocycles. The van der Waals surface area contributed by atoms with Gasteiger partial charge in [-0.05, 0) is 66.7 Å². The second-order valence-electron chi connectivity index (χ2n) is 8.34. The number of aromatic amines is 2. The van der Waals surface area contributed by atoms with Crippen molar-refractivity contribution in [2.75, 3.05) is 6.54 Å². The van der Waals surface area contributed by atoms with Crippen molar-refractivity contribution in [3.63, 3.8) is 0 Å². The molecule has 172 valence electrons. The first-order valence-electron chi connectivity index (χ1n) is 11.4. The van der Waals surface area contributed by atoms with E-state index in [1.54, 1.807) is 18.3 Å². The van der Waals surface area contributed by atoms with Gasteiger partial charge in [0.15, 0.2) is 0 Å². The molecule has 0 fully saturated rings. The van der Waals surface area contributed by atoms with E-state index in [0.717, 1.165) is 74.5 Å². The van der Waals surface area contributed by atoms with E-state index in [0.29, 0.717) is 0 Å². The van der Waals surface area contributed by atoms with Crippen LogP contribution in [0.3, 0.4) is 0 Å². The third kappa shape index (κ3) is 3.94. The summed E-state index contributed by atoms with van der Waals surface area (Å²) in [6.07, 6.45) is 5.44. The largest absolute Gasteiger partial charge is 0.353 e. The SMILES string of the molecule is CCNCc1cncc(-c2ccc3[nH]nc(-c4cc5c(-c6ccc(F)cc6)nccc5[nH]4)c3n2)c1. The molecule has 5 heterocycles. The Hall–Kier alpha value is -4.43. The summed E-state index contributed by atoms with van der Waals surface area (Å²) in [5.41, 5.74) is 8.59. The molecule has 0 spiro atoms. The molecule has 0 aliphatic rings. The summed E-state index contributed by atoms with van der Waals surface area (Å²) in [6.45, 7) is 3.74. The summed E-state index contributed by atoms with van der Waals surface area (Å²) >= 11 is 0. The highest BCUT2D eigenvalue weighted by Crippen LogP contribution is 2.33. The van der Waals surface area contributed by atoms with Crippen LogP contribution in [-0.4, -0.2) is 36.7 Å². The Morgan fingerprint density at radius 2 is 1.80 bits per heavy atom. The molecule has 8 heteroatoms. The van der Waals surface area contributed by atoms with Crippen molar-refractivity contribution in [1.82, 2.24) is 35.5 Å². The molecule has 0 bridgehead atoms. The van der Waals surface area contributed by atoms with E-state index in [1.807, 2.05) is 36.7 Å². The van der Waals surface area contributed by atoms with E-state index in [-0.39, 0.29) is 5.82 Å². The molecule has 3 N–H and O–H groups in total. The van der Waals surface area contributed by atoms with E-state index in [9.17, 15) is 4.39 Å². The monoisotopic (exact) mass is 463 g/mol. The highest BCUT2D eigenvalue weighted by Gasteiger charge is 2.16. The zero-order valence-electron chi connectivity index (χ0n) is 19.0. The number of nitrogens with one attached hydrogen (secondary N) is 3. The Morgan fingerprint density at radius 1 is 0.914 bits per heavy atom. The second-order valence-corrected chi connectivity index (χ2v) is 8.34. The number of rotatable bonds is 6. The lowest BCUT2D eigenvalue weighted by Crippen LogP contribution is -2.11. The maximum absolute atomic E-state index is 13.4. The number of halogens is 1. The smallest absolute Gasteiger partial charge is 0.135 e. The van der Waals surface area contributed by atoms with Gasteiger partial charge >= 0.3 is 0 Å². The van der Waals surface area contributed by atoms with Crippen molar-refractivity contribution < 1.29 is 4.39 Å². The van der Waals surface area contributed by atoms with E-state index >= 15 is 0 Å². The number of hydrogen-bond donors (Lipinski definition) is 3. The van der Waals surface area contributed by atoms with Gasteiger partial charge in [0.1, 0.15) is 17.0 Å². The van der Waals surface area contributed by atoms with Crippen molar-refractivity contribution in [2.45, 2.75) is 13.5 Å². The van der Waals surface area contributed by atoms with Gasteiger partial charge in [0.2, 0.25) is 0 Å². The van der Waals surface area contributed by atoms with Crippen LogP contribution in [0.4, 0.5) is 4.39 Å². The zero-order valence-corrected chi connectivity index (χ0v) is 19.0. The van der Waals surface area contributed by atoms with Crippen molar-refractivity contribution in [1.29, 1.82) is 0 Å². The van der Waals surface area contributed by atoms with Crippen molar-refractivity contribution in [3.05, 3.63) is 84.6 Å². The molecule has 35 heavy (non-hydrogen) atoms. The predicted octanol–water partition coefficient (Wildman–Crippen LogP) is 5.48. The van der Waals surface area contributed by atoms with Gasteiger partial charge in [-0.3, -0.25) is 15.1 Å². The first-order chi connectivity index (χ1) is 17.2. The minimum atomic E-state index is -0.275.